The Kier molecular flexibility index (Phi) is 5.66. The zero-order valence-corrected chi connectivity index (χ0v) is 20.4. The maximum atomic E-state index is 12.8. The van der Waals surface area contributed by atoms with Gasteiger partial charge in [0.25, 0.3) is 0 Å². The van der Waals surface area contributed by atoms with Gasteiger partial charge in [-0.25, -0.2) is 14.5 Å². The van der Waals surface area contributed by atoms with Crippen LogP contribution in [0.3, 0.4) is 0 Å². The molecule has 0 aliphatic carbocycles. The lowest BCUT2D eigenvalue weighted by Gasteiger charge is -2.48. The first-order valence-corrected chi connectivity index (χ1v) is 12.2. The molecule has 9 heteroatoms. The third-order valence-corrected chi connectivity index (χ3v) is 7.53. The molecular weight excluding hydrogens is 454 g/mol. The topological polar surface area (TPSA) is 97.2 Å². The summed E-state index contributed by atoms with van der Waals surface area (Å²) < 4.78 is 7.47. The first kappa shape index (κ1) is 22.6. The van der Waals surface area contributed by atoms with Gasteiger partial charge in [0.2, 0.25) is 0 Å². The van der Waals surface area contributed by atoms with Gasteiger partial charge < -0.3 is 10.1 Å². The number of pyridine rings is 2. The number of nitrogens with one attached hydrogen (secondary N) is 2. The van der Waals surface area contributed by atoms with Gasteiger partial charge >= 0.3 is 6.03 Å². The molecule has 5 heterocycles. The van der Waals surface area contributed by atoms with Crippen LogP contribution in [-0.4, -0.2) is 69.6 Å². The van der Waals surface area contributed by atoms with Gasteiger partial charge in [-0.2, -0.15) is 5.10 Å². The SMILES string of the molecule is Cc1cc(-n2ncc3cc(NC(=O)NC[C@@H]4CN(C)C5(COC5)[C@H]4c4ccccc4)ncc32)ccn1. The number of hydrogen-bond donors (Lipinski definition) is 2. The predicted molar refractivity (Wildman–Crippen MR) is 137 cm³/mol. The highest BCUT2D eigenvalue weighted by atomic mass is 16.5. The minimum Gasteiger partial charge on any atom is -0.377 e. The lowest BCUT2D eigenvalue weighted by atomic mass is 9.74. The summed E-state index contributed by atoms with van der Waals surface area (Å²) in [4.78, 5) is 23.9. The second-order valence-electron chi connectivity index (χ2n) is 9.80. The monoisotopic (exact) mass is 483 g/mol. The van der Waals surface area contributed by atoms with E-state index in [0.29, 0.717) is 18.3 Å². The fraction of sp³-hybridized carbons (Fsp3) is 0.333. The third-order valence-electron chi connectivity index (χ3n) is 7.53. The lowest BCUT2D eigenvalue weighted by Crippen LogP contribution is -2.60. The highest BCUT2D eigenvalue weighted by Gasteiger charge is 2.57. The molecule has 0 radical (unpaired) electrons. The molecule has 9 nitrogen and oxygen atoms in total. The number of nitrogens with zero attached hydrogens (tertiary/aromatic N) is 5. The molecule has 1 spiro atoms. The number of likely N-dealkylation sites (N-methyl/N-ethyl adjacent to an activating group) is 1. The summed E-state index contributed by atoms with van der Waals surface area (Å²) in [5.41, 5.74) is 3.99. The molecule has 36 heavy (non-hydrogen) atoms. The van der Waals surface area contributed by atoms with Crippen molar-refractivity contribution in [3.8, 4) is 5.69 Å². The second kappa shape index (κ2) is 9.00. The van der Waals surface area contributed by atoms with Crippen LogP contribution >= 0.6 is 0 Å². The summed E-state index contributed by atoms with van der Waals surface area (Å²) in [6.45, 7) is 4.87. The molecule has 1 aromatic carbocycles. The van der Waals surface area contributed by atoms with Crippen LogP contribution < -0.4 is 10.6 Å². The molecule has 0 unspecified atom stereocenters. The van der Waals surface area contributed by atoms with Crippen LogP contribution in [-0.2, 0) is 4.74 Å². The Labute approximate surface area is 209 Å². The first-order valence-electron chi connectivity index (χ1n) is 12.2. The van der Waals surface area contributed by atoms with Crippen LogP contribution in [0.5, 0.6) is 0 Å². The zero-order valence-electron chi connectivity index (χ0n) is 20.4. The Morgan fingerprint density at radius 1 is 1.14 bits per heavy atom. The lowest BCUT2D eigenvalue weighted by molar-refractivity contribution is -0.123. The number of urea groups is 1. The van der Waals surface area contributed by atoms with Gasteiger partial charge in [-0.15, -0.1) is 0 Å². The molecule has 2 N–H and O–H groups in total. The summed E-state index contributed by atoms with van der Waals surface area (Å²) >= 11 is 0. The van der Waals surface area contributed by atoms with Gasteiger partial charge in [0.15, 0.2) is 0 Å². The van der Waals surface area contributed by atoms with Gasteiger partial charge in [-0.1, -0.05) is 30.3 Å². The molecule has 2 atom stereocenters. The minimum atomic E-state index is -0.265. The summed E-state index contributed by atoms with van der Waals surface area (Å²) in [6.07, 6.45) is 5.26. The van der Waals surface area contributed by atoms with Gasteiger partial charge in [-0.05, 0) is 43.7 Å². The molecule has 2 saturated heterocycles. The number of benzene rings is 1. The number of hydrogen-bond acceptors (Lipinski definition) is 6. The zero-order chi connectivity index (χ0) is 24.7. The van der Waals surface area contributed by atoms with Gasteiger partial charge in [0, 0.05) is 36.3 Å². The Bertz CT molecular complexity index is 1400. The number of rotatable bonds is 5. The van der Waals surface area contributed by atoms with E-state index in [1.54, 1.807) is 18.6 Å². The van der Waals surface area contributed by atoms with Gasteiger partial charge in [0.1, 0.15) is 5.82 Å². The van der Waals surface area contributed by atoms with Crippen molar-refractivity contribution >= 4 is 22.8 Å². The Balaban J connectivity index is 1.14. The number of aromatic nitrogens is 4. The van der Waals surface area contributed by atoms with Crippen LogP contribution in [0.2, 0.25) is 0 Å². The smallest absolute Gasteiger partial charge is 0.320 e. The van der Waals surface area contributed by atoms with E-state index in [4.69, 9.17) is 4.74 Å². The van der Waals surface area contributed by atoms with E-state index in [-0.39, 0.29) is 17.5 Å². The second-order valence-corrected chi connectivity index (χ2v) is 9.80. The molecular formula is C27H29N7O2. The van der Waals surface area contributed by atoms with Crippen molar-refractivity contribution in [2.24, 2.45) is 5.92 Å². The fourth-order valence-electron chi connectivity index (χ4n) is 5.70. The summed E-state index contributed by atoms with van der Waals surface area (Å²) in [6, 6.07) is 16.0. The average Bonchev–Trinajstić information content (AvgIpc) is 3.41. The van der Waals surface area contributed by atoms with Crippen molar-refractivity contribution in [1.82, 2.24) is 30.0 Å². The number of amides is 2. The van der Waals surface area contributed by atoms with E-state index in [2.05, 4.69) is 61.9 Å². The van der Waals surface area contributed by atoms with E-state index in [0.717, 1.165) is 42.0 Å². The molecule has 3 aromatic heterocycles. The van der Waals surface area contributed by atoms with Crippen LogP contribution in [0, 0.1) is 12.8 Å². The van der Waals surface area contributed by atoms with E-state index in [9.17, 15) is 4.79 Å². The highest BCUT2D eigenvalue weighted by Crippen LogP contribution is 2.48. The van der Waals surface area contributed by atoms with E-state index in [1.165, 1.54) is 5.56 Å². The molecule has 2 fully saturated rings. The first-order chi connectivity index (χ1) is 17.5. The molecule has 4 aromatic rings. The van der Waals surface area contributed by atoms with Crippen LogP contribution in [0.15, 0.2) is 67.1 Å². The van der Waals surface area contributed by atoms with E-state index >= 15 is 0 Å². The Morgan fingerprint density at radius 3 is 2.72 bits per heavy atom. The summed E-state index contributed by atoms with van der Waals surface area (Å²) in [5.74, 6) is 1.07. The molecule has 2 amide bonds. The Morgan fingerprint density at radius 2 is 1.97 bits per heavy atom. The average molecular weight is 484 g/mol. The van der Waals surface area contributed by atoms with E-state index in [1.807, 2.05) is 35.9 Å². The quantitative estimate of drug-likeness (QED) is 0.452. The van der Waals surface area contributed by atoms with Crippen molar-refractivity contribution in [1.29, 1.82) is 0 Å². The van der Waals surface area contributed by atoms with Gasteiger partial charge in [-0.3, -0.25) is 15.2 Å². The molecule has 6 rings (SSSR count). The number of fused-ring (bicyclic) bond motifs is 1. The fourth-order valence-corrected chi connectivity index (χ4v) is 5.70. The summed E-state index contributed by atoms with van der Waals surface area (Å²) in [7, 11) is 2.16. The third kappa shape index (κ3) is 3.90. The molecule has 2 aliphatic rings. The number of anilines is 1. The highest BCUT2D eigenvalue weighted by molar-refractivity contribution is 5.91. The number of carbonyl (C=O) groups excluding carboxylic acids is 1. The van der Waals surface area contributed by atoms with Crippen molar-refractivity contribution in [3.63, 3.8) is 0 Å². The predicted octanol–water partition coefficient (Wildman–Crippen LogP) is 3.36. The van der Waals surface area contributed by atoms with E-state index < -0.39 is 0 Å². The standard InChI is InChI=1S/C27H29N7O2/c1-18-10-22(8-9-28-18)34-23-14-29-24(11-20(23)13-31-34)32-26(35)30-12-21-15-33(2)27(16-36-17-27)25(21)19-6-4-3-5-7-19/h3-11,13-14,21,25H,12,15-17H2,1-2H3,(H2,29,30,32,35)/t21-,25+/m1/s1. The normalized spacial score (nSPS) is 20.9. The van der Waals surface area contributed by atoms with Crippen LogP contribution in [0.4, 0.5) is 10.6 Å². The molecule has 2 aliphatic heterocycles. The maximum Gasteiger partial charge on any atom is 0.320 e. The number of carbonyl (C=O) groups is 1. The minimum absolute atomic E-state index is 0.00425. The molecule has 0 bridgehead atoms. The Hall–Kier alpha value is -3.82. The van der Waals surface area contributed by atoms with Crippen LogP contribution in [0.1, 0.15) is 17.2 Å². The van der Waals surface area contributed by atoms with Crippen molar-refractivity contribution in [3.05, 3.63) is 78.4 Å². The van der Waals surface area contributed by atoms with Crippen molar-refractivity contribution < 1.29 is 9.53 Å². The van der Waals surface area contributed by atoms with Crippen LogP contribution in [0.25, 0.3) is 16.6 Å². The molecule has 0 saturated carbocycles. The molecule has 184 valence electrons. The maximum absolute atomic E-state index is 12.8. The number of ether oxygens (including phenoxy) is 1. The summed E-state index contributed by atoms with van der Waals surface area (Å²) in [5, 5.41) is 11.3. The van der Waals surface area contributed by atoms with Crippen molar-refractivity contribution in [2.75, 3.05) is 38.7 Å². The number of likely N-dealkylation sites (tertiary alicyclic amines) is 1. The largest absolute Gasteiger partial charge is 0.377 e. The number of aryl methyl sites for hydroxylation is 1. The van der Waals surface area contributed by atoms with Gasteiger partial charge in [0.05, 0.1) is 42.4 Å². The van der Waals surface area contributed by atoms with Crippen molar-refractivity contribution in [2.45, 2.75) is 18.4 Å².